The van der Waals surface area contributed by atoms with Crippen LogP contribution in [0.1, 0.15) is 18.3 Å². The van der Waals surface area contributed by atoms with E-state index < -0.39 is 6.10 Å². The fraction of sp³-hybridized carbons (Fsp3) is 0.545. The van der Waals surface area contributed by atoms with Gasteiger partial charge in [0, 0.05) is 20.1 Å². The molecule has 0 spiro atoms. The summed E-state index contributed by atoms with van der Waals surface area (Å²) in [5.41, 5.74) is 0. The van der Waals surface area contributed by atoms with E-state index in [4.69, 9.17) is 4.42 Å². The molecule has 1 aromatic heterocycles. The molecule has 0 saturated carbocycles. The summed E-state index contributed by atoms with van der Waals surface area (Å²) in [6.07, 6.45) is 1.61. The summed E-state index contributed by atoms with van der Waals surface area (Å²) in [7, 11) is 1.78. The van der Waals surface area contributed by atoms with Crippen LogP contribution in [0, 0.1) is 0 Å². The van der Waals surface area contributed by atoms with Crippen molar-refractivity contribution in [1.29, 1.82) is 0 Å². The zero-order chi connectivity index (χ0) is 11.5. The van der Waals surface area contributed by atoms with E-state index in [1.165, 1.54) is 6.26 Å². The fourth-order valence-corrected chi connectivity index (χ4v) is 1.85. The van der Waals surface area contributed by atoms with Gasteiger partial charge in [-0.15, -0.1) is 0 Å². The van der Waals surface area contributed by atoms with Gasteiger partial charge in [0.2, 0.25) is 5.91 Å². The Hall–Kier alpha value is -1.33. The van der Waals surface area contributed by atoms with Gasteiger partial charge < -0.3 is 19.7 Å². The maximum Gasteiger partial charge on any atom is 0.239 e. The third kappa shape index (κ3) is 2.25. The van der Waals surface area contributed by atoms with E-state index in [-0.39, 0.29) is 11.9 Å². The van der Waals surface area contributed by atoms with Crippen LogP contribution in [0.2, 0.25) is 0 Å². The van der Waals surface area contributed by atoms with E-state index in [1.807, 2.05) is 0 Å². The van der Waals surface area contributed by atoms with Crippen molar-refractivity contribution >= 4 is 5.91 Å². The highest BCUT2D eigenvalue weighted by molar-refractivity contribution is 5.83. The molecule has 0 aromatic carbocycles. The van der Waals surface area contributed by atoms with Gasteiger partial charge in [0.05, 0.1) is 12.3 Å². The van der Waals surface area contributed by atoms with Crippen LogP contribution < -0.4 is 5.32 Å². The number of hydrogen-bond acceptors (Lipinski definition) is 4. The first-order valence-electron chi connectivity index (χ1n) is 5.38. The molecule has 1 amide bonds. The minimum absolute atomic E-state index is 0.0895. The SMILES string of the molecule is CN1CCC(NCC(O)c2ccco2)C1=O. The van der Waals surface area contributed by atoms with Gasteiger partial charge in [0.1, 0.15) is 11.9 Å². The van der Waals surface area contributed by atoms with Crippen LogP contribution in [0.3, 0.4) is 0 Å². The molecule has 1 aliphatic heterocycles. The zero-order valence-electron chi connectivity index (χ0n) is 9.22. The van der Waals surface area contributed by atoms with Crippen LogP contribution >= 0.6 is 0 Å². The van der Waals surface area contributed by atoms with Crippen molar-refractivity contribution in [3.8, 4) is 0 Å². The predicted octanol–water partition coefficient (Wildman–Crippen LogP) is 0.133. The van der Waals surface area contributed by atoms with E-state index in [2.05, 4.69) is 5.32 Å². The second-order valence-electron chi connectivity index (χ2n) is 4.04. The molecular weight excluding hydrogens is 208 g/mol. The van der Waals surface area contributed by atoms with Gasteiger partial charge in [0.15, 0.2) is 0 Å². The highest BCUT2D eigenvalue weighted by atomic mass is 16.4. The molecule has 5 heteroatoms. The quantitative estimate of drug-likeness (QED) is 0.763. The summed E-state index contributed by atoms with van der Waals surface area (Å²) < 4.78 is 5.07. The number of likely N-dealkylation sites (N-methyl/N-ethyl adjacent to an activating group) is 1. The first-order chi connectivity index (χ1) is 7.68. The lowest BCUT2D eigenvalue weighted by atomic mass is 10.2. The Bertz CT molecular complexity index is 350. The smallest absolute Gasteiger partial charge is 0.239 e. The van der Waals surface area contributed by atoms with Gasteiger partial charge >= 0.3 is 0 Å². The van der Waals surface area contributed by atoms with Crippen LogP contribution in [0.5, 0.6) is 0 Å². The van der Waals surface area contributed by atoms with Crippen LogP contribution in [0.15, 0.2) is 22.8 Å². The van der Waals surface area contributed by atoms with Crippen molar-refractivity contribution in [3.63, 3.8) is 0 Å². The second-order valence-corrected chi connectivity index (χ2v) is 4.04. The van der Waals surface area contributed by atoms with Gasteiger partial charge in [-0.1, -0.05) is 0 Å². The number of furan rings is 1. The average molecular weight is 224 g/mol. The molecule has 88 valence electrons. The van der Waals surface area contributed by atoms with Crippen molar-refractivity contribution in [2.45, 2.75) is 18.6 Å². The molecule has 2 atom stereocenters. The maximum absolute atomic E-state index is 11.6. The van der Waals surface area contributed by atoms with Crippen molar-refractivity contribution in [2.75, 3.05) is 20.1 Å². The number of rotatable bonds is 4. The lowest BCUT2D eigenvalue weighted by Crippen LogP contribution is -2.38. The number of aliphatic hydroxyl groups is 1. The number of aliphatic hydroxyl groups excluding tert-OH is 1. The molecule has 2 unspecified atom stereocenters. The third-order valence-electron chi connectivity index (χ3n) is 2.86. The van der Waals surface area contributed by atoms with Crippen molar-refractivity contribution < 1.29 is 14.3 Å². The Morgan fingerprint density at radius 1 is 1.75 bits per heavy atom. The van der Waals surface area contributed by atoms with E-state index in [1.54, 1.807) is 24.1 Å². The number of amides is 1. The summed E-state index contributed by atoms with van der Waals surface area (Å²) in [5.74, 6) is 0.609. The normalized spacial score (nSPS) is 22.8. The summed E-state index contributed by atoms with van der Waals surface area (Å²) in [6.45, 7) is 1.10. The Morgan fingerprint density at radius 3 is 3.12 bits per heavy atom. The maximum atomic E-state index is 11.6. The lowest BCUT2D eigenvalue weighted by Gasteiger charge is -2.14. The Balaban J connectivity index is 1.82. The van der Waals surface area contributed by atoms with Crippen LogP contribution in [0.25, 0.3) is 0 Å². The van der Waals surface area contributed by atoms with Crippen molar-refractivity contribution in [3.05, 3.63) is 24.2 Å². The number of nitrogens with zero attached hydrogens (tertiary/aromatic N) is 1. The highest BCUT2D eigenvalue weighted by Gasteiger charge is 2.29. The first-order valence-corrected chi connectivity index (χ1v) is 5.38. The Morgan fingerprint density at radius 2 is 2.56 bits per heavy atom. The fourth-order valence-electron chi connectivity index (χ4n) is 1.85. The van der Waals surface area contributed by atoms with Crippen molar-refractivity contribution in [1.82, 2.24) is 10.2 Å². The summed E-state index contributed by atoms with van der Waals surface area (Å²) in [6, 6.07) is 3.27. The predicted molar refractivity (Wildman–Crippen MR) is 57.7 cm³/mol. The molecule has 1 saturated heterocycles. The van der Waals surface area contributed by atoms with Gasteiger partial charge in [-0.3, -0.25) is 4.79 Å². The molecule has 0 bridgehead atoms. The largest absolute Gasteiger partial charge is 0.467 e. The summed E-state index contributed by atoms with van der Waals surface area (Å²) in [5, 5.41) is 12.8. The minimum atomic E-state index is -0.700. The monoisotopic (exact) mass is 224 g/mol. The van der Waals surface area contributed by atoms with E-state index in [0.29, 0.717) is 12.3 Å². The van der Waals surface area contributed by atoms with Crippen LogP contribution in [-0.2, 0) is 4.79 Å². The molecule has 1 fully saturated rings. The standard InChI is InChI=1S/C11H16N2O3/c1-13-5-4-8(11(13)15)12-7-9(14)10-3-2-6-16-10/h2-3,6,8-9,12,14H,4-5,7H2,1H3. The lowest BCUT2D eigenvalue weighted by molar-refractivity contribution is -0.128. The molecule has 2 N–H and O–H groups in total. The number of hydrogen-bond donors (Lipinski definition) is 2. The van der Waals surface area contributed by atoms with Crippen LogP contribution in [0.4, 0.5) is 0 Å². The van der Waals surface area contributed by atoms with E-state index in [0.717, 1.165) is 13.0 Å². The average Bonchev–Trinajstić information content (AvgIpc) is 2.89. The van der Waals surface area contributed by atoms with E-state index >= 15 is 0 Å². The van der Waals surface area contributed by atoms with Gasteiger partial charge in [-0.05, 0) is 18.6 Å². The molecule has 1 aliphatic rings. The highest BCUT2D eigenvalue weighted by Crippen LogP contribution is 2.14. The second kappa shape index (κ2) is 4.67. The molecular formula is C11H16N2O3. The van der Waals surface area contributed by atoms with Crippen LogP contribution in [-0.4, -0.2) is 42.1 Å². The number of likely N-dealkylation sites (tertiary alicyclic amines) is 1. The van der Waals surface area contributed by atoms with Gasteiger partial charge in [-0.25, -0.2) is 0 Å². The molecule has 1 aromatic rings. The van der Waals surface area contributed by atoms with Crippen molar-refractivity contribution in [2.24, 2.45) is 0 Å². The van der Waals surface area contributed by atoms with Gasteiger partial charge in [0.25, 0.3) is 0 Å². The molecule has 2 heterocycles. The topological polar surface area (TPSA) is 65.7 Å². The number of nitrogens with one attached hydrogen (secondary N) is 1. The summed E-state index contributed by atoms with van der Waals surface area (Å²) in [4.78, 5) is 13.3. The molecule has 2 rings (SSSR count). The molecule has 16 heavy (non-hydrogen) atoms. The number of carbonyl (C=O) groups excluding carboxylic acids is 1. The minimum Gasteiger partial charge on any atom is -0.467 e. The summed E-state index contributed by atoms with van der Waals surface area (Å²) >= 11 is 0. The Labute approximate surface area is 94.0 Å². The number of carbonyl (C=O) groups is 1. The first kappa shape index (κ1) is 11.2. The molecule has 5 nitrogen and oxygen atoms in total. The van der Waals surface area contributed by atoms with Gasteiger partial charge in [-0.2, -0.15) is 0 Å². The molecule has 0 aliphatic carbocycles. The zero-order valence-corrected chi connectivity index (χ0v) is 9.22. The Kier molecular flexibility index (Phi) is 3.26. The molecule has 0 radical (unpaired) electrons. The third-order valence-corrected chi connectivity index (χ3v) is 2.86. The van der Waals surface area contributed by atoms with E-state index in [9.17, 15) is 9.90 Å².